The van der Waals surface area contributed by atoms with Crippen molar-refractivity contribution in [3.05, 3.63) is 35.6 Å². The minimum Gasteiger partial charge on any atom is -0.379 e. The molecule has 1 heterocycles. The van der Waals surface area contributed by atoms with Gasteiger partial charge in [-0.3, -0.25) is 9.69 Å². The summed E-state index contributed by atoms with van der Waals surface area (Å²) in [4.78, 5) is 14.6. The molecule has 1 unspecified atom stereocenters. The maximum atomic E-state index is 14.2. The number of morpholine rings is 1. The molecule has 1 atom stereocenters. The van der Waals surface area contributed by atoms with E-state index in [2.05, 4.69) is 10.6 Å². The fraction of sp³-hybridized carbons (Fsp3) is 0.562. The van der Waals surface area contributed by atoms with Gasteiger partial charge in [0.15, 0.2) is 0 Å². The van der Waals surface area contributed by atoms with Crippen LogP contribution in [0.1, 0.15) is 18.0 Å². The van der Waals surface area contributed by atoms with E-state index in [1.807, 2.05) is 11.9 Å². The monoisotopic (exact) mass is 381 g/mol. The molecule has 0 spiro atoms. The van der Waals surface area contributed by atoms with Crippen LogP contribution >= 0.6 is 24.8 Å². The SMILES string of the molecule is CNCCCNC(=O)C(c1ccccc1F)N1CCOCC1.Cl.Cl. The smallest absolute Gasteiger partial charge is 0.242 e. The van der Waals surface area contributed by atoms with Crippen molar-refractivity contribution in [2.75, 3.05) is 46.4 Å². The van der Waals surface area contributed by atoms with Crippen molar-refractivity contribution in [3.63, 3.8) is 0 Å². The van der Waals surface area contributed by atoms with Gasteiger partial charge >= 0.3 is 0 Å². The van der Waals surface area contributed by atoms with Crippen LogP contribution in [0, 0.1) is 5.82 Å². The number of carbonyl (C=O) groups excluding carboxylic acids is 1. The fourth-order valence-corrected chi connectivity index (χ4v) is 2.61. The first-order valence-electron chi connectivity index (χ1n) is 7.72. The van der Waals surface area contributed by atoms with Gasteiger partial charge in [0.2, 0.25) is 5.91 Å². The number of benzene rings is 1. The van der Waals surface area contributed by atoms with Crippen LogP contribution in [0.3, 0.4) is 0 Å². The third-order valence-corrected chi connectivity index (χ3v) is 3.76. The number of rotatable bonds is 7. The molecule has 1 saturated heterocycles. The summed E-state index contributed by atoms with van der Waals surface area (Å²) in [6.07, 6.45) is 0.843. The number of nitrogens with one attached hydrogen (secondary N) is 2. The van der Waals surface area contributed by atoms with Gasteiger partial charge in [-0.25, -0.2) is 4.39 Å². The molecule has 0 saturated carbocycles. The van der Waals surface area contributed by atoms with Crippen LogP contribution in [0.4, 0.5) is 4.39 Å². The number of amides is 1. The van der Waals surface area contributed by atoms with Gasteiger partial charge in [0.05, 0.1) is 13.2 Å². The zero-order valence-electron chi connectivity index (χ0n) is 13.8. The Balaban J connectivity index is 0.00000264. The molecule has 2 rings (SSSR count). The van der Waals surface area contributed by atoms with E-state index < -0.39 is 6.04 Å². The highest BCUT2D eigenvalue weighted by molar-refractivity contribution is 5.85. The van der Waals surface area contributed by atoms with Gasteiger partial charge < -0.3 is 15.4 Å². The number of nitrogens with zero attached hydrogens (tertiary/aromatic N) is 1. The number of hydrogen-bond donors (Lipinski definition) is 2. The third kappa shape index (κ3) is 6.53. The van der Waals surface area contributed by atoms with Crippen LogP contribution < -0.4 is 10.6 Å². The summed E-state index contributed by atoms with van der Waals surface area (Å²) in [7, 11) is 1.87. The van der Waals surface area contributed by atoms with Crippen molar-refractivity contribution in [1.29, 1.82) is 0 Å². The topological polar surface area (TPSA) is 53.6 Å². The van der Waals surface area contributed by atoms with E-state index in [4.69, 9.17) is 4.74 Å². The van der Waals surface area contributed by atoms with Gasteiger partial charge in [-0.05, 0) is 26.1 Å². The van der Waals surface area contributed by atoms with E-state index in [0.717, 1.165) is 13.0 Å². The normalized spacial score (nSPS) is 15.8. The lowest BCUT2D eigenvalue weighted by Crippen LogP contribution is -2.46. The maximum absolute atomic E-state index is 14.2. The highest BCUT2D eigenvalue weighted by Gasteiger charge is 2.30. The predicted molar refractivity (Wildman–Crippen MR) is 97.6 cm³/mol. The van der Waals surface area contributed by atoms with E-state index in [1.165, 1.54) is 6.07 Å². The molecule has 8 heteroatoms. The van der Waals surface area contributed by atoms with Crippen molar-refractivity contribution in [2.24, 2.45) is 0 Å². The second-order valence-electron chi connectivity index (χ2n) is 5.32. The molecular formula is C16H26Cl2FN3O2. The summed E-state index contributed by atoms with van der Waals surface area (Å²) in [5.74, 6) is -0.493. The Labute approximate surface area is 155 Å². The Morgan fingerprint density at radius 2 is 1.92 bits per heavy atom. The summed E-state index contributed by atoms with van der Waals surface area (Å²) in [5, 5.41) is 5.95. The predicted octanol–water partition coefficient (Wildman–Crippen LogP) is 1.77. The molecule has 1 fully saturated rings. The molecule has 1 aromatic rings. The molecule has 0 radical (unpaired) electrons. The number of hydrogen-bond acceptors (Lipinski definition) is 4. The first kappa shape index (κ1) is 23.1. The Morgan fingerprint density at radius 1 is 1.25 bits per heavy atom. The first-order chi connectivity index (χ1) is 10.7. The van der Waals surface area contributed by atoms with Gasteiger partial charge in [-0.15, -0.1) is 24.8 Å². The minimum atomic E-state index is -0.598. The Kier molecular flexibility index (Phi) is 12.0. The van der Waals surface area contributed by atoms with Crippen molar-refractivity contribution < 1.29 is 13.9 Å². The van der Waals surface area contributed by atoms with Crippen molar-refractivity contribution in [1.82, 2.24) is 15.5 Å². The quantitative estimate of drug-likeness (QED) is 0.706. The Morgan fingerprint density at radius 3 is 2.54 bits per heavy atom. The van der Waals surface area contributed by atoms with Crippen LogP contribution in [0.2, 0.25) is 0 Å². The molecule has 0 aliphatic carbocycles. The van der Waals surface area contributed by atoms with Crippen LogP contribution in [-0.2, 0) is 9.53 Å². The summed E-state index contributed by atoms with van der Waals surface area (Å²) < 4.78 is 19.5. The molecule has 1 aliphatic heterocycles. The fourth-order valence-electron chi connectivity index (χ4n) is 2.61. The molecular weight excluding hydrogens is 356 g/mol. The van der Waals surface area contributed by atoms with Crippen LogP contribution in [0.5, 0.6) is 0 Å². The summed E-state index contributed by atoms with van der Waals surface area (Å²) in [6, 6.07) is 5.89. The Bertz CT molecular complexity index is 488. The average molecular weight is 382 g/mol. The number of halogens is 3. The summed E-state index contributed by atoms with van der Waals surface area (Å²) >= 11 is 0. The molecule has 5 nitrogen and oxygen atoms in total. The van der Waals surface area contributed by atoms with Gasteiger partial charge in [-0.1, -0.05) is 18.2 Å². The largest absolute Gasteiger partial charge is 0.379 e. The van der Waals surface area contributed by atoms with E-state index in [-0.39, 0.29) is 36.5 Å². The summed E-state index contributed by atoms with van der Waals surface area (Å²) in [5.41, 5.74) is 0.426. The van der Waals surface area contributed by atoms with Gasteiger partial charge in [0, 0.05) is 25.2 Å². The maximum Gasteiger partial charge on any atom is 0.242 e. The average Bonchev–Trinajstić information content (AvgIpc) is 2.55. The van der Waals surface area contributed by atoms with Gasteiger partial charge in [0.1, 0.15) is 11.9 Å². The van der Waals surface area contributed by atoms with Gasteiger partial charge in [0.25, 0.3) is 0 Å². The lowest BCUT2D eigenvalue weighted by Gasteiger charge is -2.34. The molecule has 0 bridgehead atoms. The number of ether oxygens (including phenoxy) is 1. The van der Waals surface area contributed by atoms with Crippen molar-refractivity contribution in [3.8, 4) is 0 Å². The van der Waals surface area contributed by atoms with Crippen LogP contribution in [-0.4, -0.2) is 57.2 Å². The van der Waals surface area contributed by atoms with Crippen molar-refractivity contribution >= 4 is 30.7 Å². The minimum absolute atomic E-state index is 0. The lowest BCUT2D eigenvalue weighted by molar-refractivity contribution is -0.128. The zero-order chi connectivity index (χ0) is 15.8. The molecule has 138 valence electrons. The van der Waals surface area contributed by atoms with Crippen molar-refractivity contribution in [2.45, 2.75) is 12.5 Å². The van der Waals surface area contributed by atoms with E-state index in [0.29, 0.717) is 38.4 Å². The Hall–Kier alpha value is -0.920. The molecule has 2 N–H and O–H groups in total. The zero-order valence-corrected chi connectivity index (χ0v) is 15.4. The second-order valence-corrected chi connectivity index (χ2v) is 5.32. The van der Waals surface area contributed by atoms with E-state index >= 15 is 0 Å². The highest BCUT2D eigenvalue weighted by atomic mass is 35.5. The van der Waals surface area contributed by atoms with Crippen LogP contribution in [0.25, 0.3) is 0 Å². The lowest BCUT2D eigenvalue weighted by atomic mass is 10.0. The summed E-state index contributed by atoms with van der Waals surface area (Å²) in [6.45, 7) is 3.80. The van der Waals surface area contributed by atoms with Gasteiger partial charge in [-0.2, -0.15) is 0 Å². The molecule has 1 aliphatic rings. The highest BCUT2D eigenvalue weighted by Crippen LogP contribution is 2.24. The third-order valence-electron chi connectivity index (χ3n) is 3.76. The molecule has 1 amide bonds. The second kappa shape index (κ2) is 12.4. The number of carbonyl (C=O) groups is 1. The first-order valence-corrected chi connectivity index (χ1v) is 7.72. The van der Waals surface area contributed by atoms with Crippen LogP contribution in [0.15, 0.2) is 24.3 Å². The molecule has 1 aromatic carbocycles. The molecule has 24 heavy (non-hydrogen) atoms. The van der Waals surface area contributed by atoms with E-state index in [9.17, 15) is 9.18 Å². The van der Waals surface area contributed by atoms with E-state index in [1.54, 1.807) is 18.2 Å². The molecule has 0 aromatic heterocycles. The standard InChI is InChI=1S/C16H24FN3O2.2ClH/c1-18-7-4-8-19-16(21)15(20-9-11-22-12-10-20)13-5-2-3-6-14(13)17;;/h2-3,5-6,15,18H,4,7-12H2,1H3,(H,19,21);2*1H.